The van der Waals surface area contributed by atoms with E-state index < -0.39 is 10.0 Å². The summed E-state index contributed by atoms with van der Waals surface area (Å²) < 4.78 is 37.8. The fourth-order valence-electron chi connectivity index (χ4n) is 3.57. The number of aromatic nitrogens is 1. The van der Waals surface area contributed by atoms with Gasteiger partial charge in [-0.1, -0.05) is 12.1 Å². The Morgan fingerprint density at radius 1 is 1.19 bits per heavy atom. The normalized spacial score (nSPS) is 20.0. The van der Waals surface area contributed by atoms with Gasteiger partial charge in [0.15, 0.2) is 11.7 Å². The Labute approximate surface area is 184 Å². The number of nitrogens with one attached hydrogen (secondary N) is 1. The number of sulfonamides is 1. The number of ether oxygens (including phenoxy) is 1. The van der Waals surface area contributed by atoms with Crippen molar-refractivity contribution in [3.63, 3.8) is 0 Å². The van der Waals surface area contributed by atoms with Crippen LogP contribution in [0.25, 0.3) is 11.3 Å². The summed E-state index contributed by atoms with van der Waals surface area (Å²) in [5, 5.41) is 2.68. The molecule has 0 radical (unpaired) electrons. The first kappa shape index (κ1) is 23.4. The molecule has 1 amide bonds. The number of carbonyl (C=O) groups is 1. The Hall–Kier alpha value is -2.23. The van der Waals surface area contributed by atoms with Gasteiger partial charge in [0, 0.05) is 38.0 Å². The molecule has 1 fully saturated rings. The van der Waals surface area contributed by atoms with Crippen LogP contribution in [0.2, 0.25) is 0 Å². The third-order valence-corrected chi connectivity index (χ3v) is 7.18. The molecule has 0 saturated carbocycles. The molecule has 1 saturated heterocycles. The summed E-state index contributed by atoms with van der Waals surface area (Å²) in [6.45, 7) is 8.56. The molecule has 2 atom stereocenters. The maximum Gasteiger partial charge on any atom is 0.220 e. The summed E-state index contributed by atoms with van der Waals surface area (Å²) in [5.74, 6) is 0.782. The van der Waals surface area contributed by atoms with E-state index in [1.165, 1.54) is 15.4 Å². The SMILES string of the molecule is Cc1ccc(-c2cnc(CCC(=O)NCCS(=O)(=O)N3C[C@H](C)O[C@@H](C)C3)o2)cc1C. The second-order valence-corrected chi connectivity index (χ2v) is 10.2. The minimum atomic E-state index is -3.44. The van der Waals surface area contributed by atoms with Gasteiger partial charge in [-0.3, -0.25) is 4.79 Å². The maximum absolute atomic E-state index is 12.5. The molecule has 1 aromatic heterocycles. The molecular formula is C22H31N3O5S. The summed E-state index contributed by atoms with van der Waals surface area (Å²) in [4.78, 5) is 16.4. The molecule has 0 bridgehead atoms. The molecule has 8 nitrogen and oxygen atoms in total. The van der Waals surface area contributed by atoms with Crippen molar-refractivity contribution in [3.05, 3.63) is 41.4 Å². The lowest BCUT2D eigenvalue weighted by molar-refractivity contribution is -0.121. The third-order valence-electron chi connectivity index (χ3n) is 5.37. The van der Waals surface area contributed by atoms with Crippen LogP contribution in [0.15, 0.2) is 28.8 Å². The van der Waals surface area contributed by atoms with Crippen LogP contribution in [0, 0.1) is 13.8 Å². The Balaban J connectivity index is 1.44. The molecular weight excluding hydrogens is 418 g/mol. The second kappa shape index (κ2) is 9.93. The number of carbonyl (C=O) groups excluding carboxylic acids is 1. The molecule has 31 heavy (non-hydrogen) atoms. The van der Waals surface area contributed by atoms with E-state index in [9.17, 15) is 13.2 Å². The van der Waals surface area contributed by atoms with Crippen LogP contribution >= 0.6 is 0 Å². The molecule has 0 aliphatic carbocycles. The lowest BCUT2D eigenvalue weighted by atomic mass is 10.1. The van der Waals surface area contributed by atoms with Gasteiger partial charge >= 0.3 is 0 Å². The van der Waals surface area contributed by atoms with Crippen molar-refractivity contribution in [2.24, 2.45) is 0 Å². The number of oxazole rings is 1. The van der Waals surface area contributed by atoms with Crippen LogP contribution in [0.3, 0.4) is 0 Å². The van der Waals surface area contributed by atoms with Gasteiger partial charge in [0.2, 0.25) is 15.9 Å². The zero-order valence-corrected chi connectivity index (χ0v) is 19.4. The number of nitrogens with zero attached hydrogens (tertiary/aromatic N) is 2. The van der Waals surface area contributed by atoms with Gasteiger partial charge in [-0.15, -0.1) is 0 Å². The first-order valence-electron chi connectivity index (χ1n) is 10.6. The van der Waals surface area contributed by atoms with Crippen molar-refractivity contribution in [1.82, 2.24) is 14.6 Å². The molecule has 0 unspecified atom stereocenters. The van der Waals surface area contributed by atoms with Crippen LogP contribution < -0.4 is 5.32 Å². The lowest BCUT2D eigenvalue weighted by Crippen LogP contribution is -2.49. The van der Waals surface area contributed by atoms with Crippen LogP contribution in [0.5, 0.6) is 0 Å². The van der Waals surface area contributed by atoms with E-state index in [1.54, 1.807) is 6.20 Å². The van der Waals surface area contributed by atoms with Gasteiger partial charge in [0.25, 0.3) is 0 Å². The molecule has 2 heterocycles. The van der Waals surface area contributed by atoms with Gasteiger partial charge in [-0.25, -0.2) is 13.4 Å². The third kappa shape index (κ3) is 6.38. The van der Waals surface area contributed by atoms with Crippen molar-refractivity contribution < 1.29 is 22.4 Å². The predicted molar refractivity (Wildman–Crippen MR) is 118 cm³/mol. The van der Waals surface area contributed by atoms with Gasteiger partial charge in [0.05, 0.1) is 24.2 Å². The smallest absolute Gasteiger partial charge is 0.220 e. The maximum atomic E-state index is 12.5. The quantitative estimate of drug-likeness (QED) is 0.664. The summed E-state index contributed by atoms with van der Waals surface area (Å²) >= 11 is 0. The zero-order chi connectivity index (χ0) is 22.6. The first-order chi connectivity index (χ1) is 14.6. The van der Waals surface area contributed by atoms with Crippen LogP contribution in [-0.4, -0.2) is 61.2 Å². The molecule has 0 spiro atoms. The minimum absolute atomic E-state index is 0.0702. The Kier molecular flexibility index (Phi) is 7.51. The van der Waals surface area contributed by atoms with E-state index in [2.05, 4.69) is 17.2 Å². The van der Waals surface area contributed by atoms with Gasteiger partial charge in [-0.05, 0) is 44.9 Å². The summed E-state index contributed by atoms with van der Waals surface area (Å²) in [5.41, 5.74) is 3.33. The van der Waals surface area contributed by atoms with E-state index in [0.717, 1.165) is 5.56 Å². The molecule has 2 aromatic rings. The van der Waals surface area contributed by atoms with E-state index in [-0.39, 0.29) is 36.8 Å². The van der Waals surface area contributed by atoms with Crippen LogP contribution in [-0.2, 0) is 26.0 Å². The fourth-order valence-corrected chi connectivity index (χ4v) is 5.06. The van der Waals surface area contributed by atoms with Crippen LogP contribution in [0.4, 0.5) is 0 Å². The Morgan fingerprint density at radius 2 is 1.90 bits per heavy atom. The standard InChI is InChI=1S/C22H31N3O5S/c1-15-5-6-19(11-16(15)2)20-12-24-22(30-20)8-7-21(26)23-9-10-31(27,28)25-13-17(3)29-18(4)14-25/h5-6,11-12,17-18H,7-10,13-14H2,1-4H3,(H,23,26)/t17-,18-/m0/s1. The summed E-state index contributed by atoms with van der Waals surface area (Å²) in [6, 6.07) is 6.06. The van der Waals surface area contributed by atoms with E-state index >= 15 is 0 Å². The zero-order valence-electron chi connectivity index (χ0n) is 18.6. The van der Waals surface area contributed by atoms with Gasteiger partial charge in [0.1, 0.15) is 0 Å². The van der Waals surface area contributed by atoms with Crippen molar-refractivity contribution in [2.45, 2.75) is 52.7 Å². The summed E-state index contributed by atoms with van der Waals surface area (Å²) in [7, 11) is -3.44. The Morgan fingerprint density at radius 3 is 2.58 bits per heavy atom. The van der Waals surface area contributed by atoms with E-state index in [4.69, 9.17) is 9.15 Å². The van der Waals surface area contributed by atoms with Gasteiger partial charge < -0.3 is 14.5 Å². The number of morpholine rings is 1. The number of amides is 1. The van der Waals surface area contributed by atoms with Gasteiger partial charge in [-0.2, -0.15) is 4.31 Å². The van der Waals surface area contributed by atoms with E-state index in [1.807, 2.05) is 39.0 Å². The number of hydrogen-bond acceptors (Lipinski definition) is 6. The predicted octanol–water partition coefficient (Wildman–Crippen LogP) is 2.45. The van der Waals surface area contributed by atoms with Crippen molar-refractivity contribution in [1.29, 1.82) is 0 Å². The van der Waals surface area contributed by atoms with Crippen LogP contribution in [0.1, 0.15) is 37.3 Å². The topological polar surface area (TPSA) is 102 Å². The average Bonchev–Trinajstić information content (AvgIpc) is 3.17. The first-order valence-corrected chi connectivity index (χ1v) is 12.2. The Bertz CT molecular complexity index is 1010. The van der Waals surface area contributed by atoms with E-state index in [0.29, 0.717) is 31.2 Å². The van der Waals surface area contributed by atoms with Crippen molar-refractivity contribution in [2.75, 3.05) is 25.4 Å². The number of benzene rings is 1. The monoisotopic (exact) mass is 449 g/mol. The molecule has 1 N–H and O–H groups in total. The minimum Gasteiger partial charge on any atom is -0.441 e. The van der Waals surface area contributed by atoms with Crippen molar-refractivity contribution in [3.8, 4) is 11.3 Å². The number of rotatable bonds is 8. The molecule has 1 aromatic carbocycles. The highest BCUT2D eigenvalue weighted by Gasteiger charge is 2.30. The highest BCUT2D eigenvalue weighted by Crippen LogP contribution is 2.23. The average molecular weight is 450 g/mol. The highest BCUT2D eigenvalue weighted by molar-refractivity contribution is 7.89. The lowest BCUT2D eigenvalue weighted by Gasteiger charge is -2.34. The number of hydrogen-bond donors (Lipinski definition) is 1. The number of aryl methyl sites for hydroxylation is 3. The molecule has 3 rings (SSSR count). The molecule has 170 valence electrons. The highest BCUT2D eigenvalue weighted by atomic mass is 32.2. The van der Waals surface area contributed by atoms with Crippen molar-refractivity contribution >= 4 is 15.9 Å². The summed E-state index contributed by atoms with van der Waals surface area (Å²) in [6.07, 6.45) is 1.92. The molecule has 1 aliphatic heterocycles. The largest absolute Gasteiger partial charge is 0.441 e. The second-order valence-electron chi connectivity index (χ2n) is 8.16. The fraction of sp³-hybridized carbons (Fsp3) is 0.545. The molecule has 1 aliphatic rings. The molecule has 9 heteroatoms.